The van der Waals surface area contributed by atoms with Crippen molar-refractivity contribution in [3.63, 3.8) is 0 Å². The number of aliphatic hydroxyl groups excluding tert-OH is 1. The average molecular weight is 345 g/mol. The maximum atomic E-state index is 9.72. The third kappa shape index (κ3) is 4.03. The van der Waals surface area contributed by atoms with Gasteiger partial charge in [-0.05, 0) is 31.9 Å². The quantitative estimate of drug-likeness (QED) is 0.712. The van der Waals surface area contributed by atoms with Gasteiger partial charge < -0.3 is 25.0 Å². The zero-order valence-electron chi connectivity index (χ0n) is 14.9. The number of ether oxygens (including phenoxy) is 1. The van der Waals surface area contributed by atoms with Gasteiger partial charge in [0, 0.05) is 38.3 Å². The molecule has 0 spiro atoms. The number of nitriles is 1. The largest absolute Gasteiger partial charge is 0.394 e. The molecule has 3 heterocycles. The van der Waals surface area contributed by atoms with Crippen molar-refractivity contribution in [2.24, 2.45) is 0 Å². The molecular formula is C18H27N5O2. The highest BCUT2D eigenvalue weighted by Gasteiger charge is 2.27. The van der Waals surface area contributed by atoms with Crippen LogP contribution in [0.4, 0.5) is 11.6 Å². The lowest BCUT2D eigenvalue weighted by Gasteiger charge is -2.31. The van der Waals surface area contributed by atoms with Crippen molar-refractivity contribution >= 4 is 11.6 Å². The number of fused-ring (bicyclic) bond motifs is 1. The monoisotopic (exact) mass is 345 g/mol. The van der Waals surface area contributed by atoms with Crippen LogP contribution in [-0.2, 0) is 17.7 Å². The van der Waals surface area contributed by atoms with Gasteiger partial charge in [-0.3, -0.25) is 0 Å². The first kappa shape index (κ1) is 17.9. The zero-order valence-corrected chi connectivity index (χ0v) is 14.9. The Balaban J connectivity index is 1.88. The van der Waals surface area contributed by atoms with Crippen LogP contribution in [0.25, 0.3) is 0 Å². The summed E-state index contributed by atoms with van der Waals surface area (Å²) >= 11 is 0. The Kier molecular flexibility index (Phi) is 6.08. The van der Waals surface area contributed by atoms with E-state index in [2.05, 4.69) is 28.2 Å². The molecule has 2 aliphatic rings. The summed E-state index contributed by atoms with van der Waals surface area (Å²) in [7, 11) is 2.12. The van der Waals surface area contributed by atoms with E-state index in [1.165, 1.54) is 18.4 Å². The van der Waals surface area contributed by atoms with Gasteiger partial charge >= 0.3 is 0 Å². The highest BCUT2D eigenvalue weighted by Crippen LogP contribution is 2.34. The van der Waals surface area contributed by atoms with Crippen LogP contribution in [0.1, 0.15) is 29.5 Å². The van der Waals surface area contributed by atoms with E-state index in [0.717, 1.165) is 44.0 Å². The minimum atomic E-state index is 0.0210. The molecule has 2 N–H and O–H groups in total. The number of likely N-dealkylation sites (N-methyl/N-ethyl adjacent to an activating group) is 1. The van der Waals surface area contributed by atoms with E-state index in [1.54, 1.807) is 0 Å². The summed E-state index contributed by atoms with van der Waals surface area (Å²) in [4.78, 5) is 9.50. The molecule has 0 radical (unpaired) electrons. The molecule has 0 atom stereocenters. The van der Waals surface area contributed by atoms with Crippen molar-refractivity contribution in [1.29, 1.82) is 5.26 Å². The van der Waals surface area contributed by atoms with Crippen molar-refractivity contribution in [3.8, 4) is 6.07 Å². The normalized spacial score (nSPS) is 17.4. The first-order valence-corrected chi connectivity index (χ1v) is 9.06. The van der Waals surface area contributed by atoms with Crippen LogP contribution in [0.2, 0.25) is 0 Å². The number of pyridine rings is 1. The minimum absolute atomic E-state index is 0.0210. The second-order valence-corrected chi connectivity index (χ2v) is 6.67. The van der Waals surface area contributed by atoms with Gasteiger partial charge in [-0.2, -0.15) is 5.26 Å². The van der Waals surface area contributed by atoms with Gasteiger partial charge in [0.2, 0.25) is 0 Å². The van der Waals surface area contributed by atoms with Crippen LogP contribution in [0.5, 0.6) is 0 Å². The van der Waals surface area contributed by atoms with E-state index in [1.807, 2.05) is 0 Å². The van der Waals surface area contributed by atoms with E-state index in [4.69, 9.17) is 14.8 Å². The SMILES string of the molecule is CN1CCc2c(C#N)c(NCCOCCO)nc(N3CCCC3)c2C1. The van der Waals surface area contributed by atoms with Crippen molar-refractivity contribution in [2.45, 2.75) is 25.8 Å². The summed E-state index contributed by atoms with van der Waals surface area (Å²) in [6.07, 6.45) is 3.28. The molecule has 1 aromatic heterocycles. The molecule has 0 bridgehead atoms. The molecule has 25 heavy (non-hydrogen) atoms. The summed E-state index contributed by atoms with van der Waals surface area (Å²) in [5, 5.41) is 21.7. The maximum absolute atomic E-state index is 9.72. The first-order chi connectivity index (χ1) is 12.2. The molecule has 7 heteroatoms. The van der Waals surface area contributed by atoms with Crippen LogP contribution in [0.3, 0.4) is 0 Å². The molecule has 1 fully saturated rings. The molecule has 0 aliphatic carbocycles. The second-order valence-electron chi connectivity index (χ2n) is 6.67. The Labute approximate surface area is 149 Å². The minimum Gasteiger partial charge on any atom is -0.394 e. The third-order valence-electron chi connectivity index (χ3n) is 4.85. The molecule has 7 nitrogen and oxygen atoms in total. The highest BCUT2D eigenvalue weighted by molar-refractivity contribution is 5.67. The van der Waals surface area contributed by atoms with Gasteiger partial charge in [0.1, 0.15) is 17.7 Å². The van der Waals surface area contributed by atoms with Gasteiger partial charge in [-0.15, -0.1) is 0 Å². The number of anilines is 2. The Bertz CT molecular complexity index is 637. The topological polar surface area (TPSA) is 84.7 Å². The third-order valence-corrected chi connectivity index (χ3v) is 4.85. The van der Waals surface area contributed by atoms with Crippen LogP contribution >= 0.6 is 0 Å². The molecular weight excluding hydrogens is 318 g/mol. The van der Waals surface area contributed by atoms with Gasteiger partial charge in [-0.1, -0.05) is 0 Å². The Hall–Kier alpha value is -1.88. The number of aliphatic hydroxyl groups is 1. The van der Waals surface area contributed by atoms with E-state index < -0.39 is 0 Å². The molecule has 0 unspecified atom stereocenters. The predicted octanol–water partition coefficient (Wildman–Crippen LogP) is 0.962. The number of nitrogens with zero attached hydrogens (tertiary/aromatic N) is 4. The molecule has 2 aliphatic heterocycles. The second kappa shape index (κ2) is 8.48. The standard InChI is InChI=1S/C18H27N5O2/c1-22-8-4-14-15(12-19)17(20-5-10-25-11-9-24)21-18(16(14)13-22)23-6-2-3-7-23/h24H,2-11,13H2,1H3,(H,20,21). The summed E-state index contributed by atoms with van der Waals surface area (Å²) < 4.78 is 5.29. The number of hydrogen-bond acceptors (Lipinski definition) is 7. The van der Waals surface area contributed by atoms with Gasteiger partial charge in [-0.25, -0.2) is 4.98 Å². The smallest absolute Gasteiger partial charge is 0.146 e. The molecule has 0 saturated carbocycles. The van der Waals surface area contributed by atoms with Crippen molar-refractivity contribution in [3.05, 3.63) is 16.7 Å². The number of rotatable bonds is 7. The van der Waals surface area contributed by atoms with Crippen LogP contribution in [0.15, 0.2) is 0 Å². The highest BCUT2D eigenvalue weighted by atomic mass is 16.5. The number of hydrogen-bond donors (Lipinski definition) is 2. The fourth-order valence-electron chi connectivity index (χ4n) is 3.60. The van der Waals surface area contributed by atoms with E-state index in [0.29, 0.717) is 31.1 Å². The Morgan fingerprint density at radius 3 is 2.76 bits per heavy atom. The summed E-state index contributed by atoms with van der Waals surface area (Å²) in [5.41, 5.74) is 3.04. The van der Waals surface area contributed by atoms with Crippen molar-refractivity contribution in [1.82, 2.24) is 9.88 Å². The van der Waals surface area contributed by atoms with Crippen LogP contribution in [0, 0.1) is 11.3 Å². The maximum Gasteiger partial charge on any atom is 0.146 e. The lowest BCUT2D eigenvalue weighted by Crippen LogP contribution is -2.31. The summed E-state index contributed by atoms with van der Waals surface area (Å²) in [6, 6.07) is 2.37. The lowest BCUT2D eigenvalue weighted by atomic mass is 9.95. The molecule has 1 saturated heterocycles. The van der Waals surface area contributed by atoms with Crippen LogP contribution in [-0.4, -0.2) is 68.0 Å². The molecule has 0 amide bonds. The number of aromatic nitrogens is 1. The fourth-order valence-corrected chi connectivity index (χ4v) is 3.60. The van der Waals surface area contributed by atoms with Crippen molar-refractivity contribution < 1.29 is 9.84 Å². The number of nitrogens with one attached hydrogen (secondary N) is 1. The van der Waals surface area contributed by atoms with E-state index in [9.17, 15) is 5.26 Å². The molecule has 136 valence electrons. The van der Waals surface area contributed by atoms with Gasteiger partial charge in [0.15, 0.2) is 0 Å². The average Bonchev–Trinajstić information content (AvgIpc) is 3.15. The predicted molar refractivity (Wildman–Crippen MR) is 96.8 cm³/mol. The first-order valence-electron chi connectivity index (χ1n) is 9.06. The van der Waals surface area contributed by atoms with Crippen LogP contribution < -0.4 is 10.2 Å². The molecule has 3 rings (SSSR count). The van der Waals surface area contributed by atoms with Gasteiger partial charge in [0.05, 0.1) is 25.4 Å². The lowest BCUT2D eigenvalue weighted by molar-refractivity contribution is 0.0992. The molecule has 1 aromatic rings. The molecule has 0 aromatic carbocycles. The summed E-state index contributed by atoms with van der Waals surface area (Å²) in [6.45, 7) is 5.28. The Morgan fingerprint density at radius 2 is 2.04 bits per heavy atom. The Morgan fingerprint density at radius 1 is 1.24 bits per heavy atom. The summed E-state index contributed by atoms with van der Waals surface area (Å²) in [5.74, 6) is 1.71. The van der Waals surface area contributed by atoms with Gasteiger partial charge in [0.25, 0.3) is 0 Å². The van der Waals surface area contributed by atoms with E-state index >= 15 is 0 Å². The van der Waals surface area contributed by atoms with Crippen molar-refractivity contribution in [2.75, 3.05) is 63.3 Å². The fraction of sp³-hybridized carbons (Fsp3) is 0.667. The zero-order chi connectivity index (χ0) is 17.6. The van der Waals surface area contributed by atoms with E-state index in [-0.39, 0.29) is 6.61 Å².